The van der Waals surface area contributed by atoms with Gasteiger partial charge in [0.25, 0.3) is 0 Å². The topological polar surface area (TPSA) is 68.9 Å². The normalized spacial score (nSPS) is 14.0. The van der Waals surface area contributed by atoms with Gasteiger partial charge in [-0.25, -0.2) is 14.0 Å². The number of alkyl halides is 3. The van der Waals surface area contributed by atoms with Gasteiger partial charge in [0.15, 0.2) is 0 Å². The van der Waals surface area contributed by atoms with Gasteiger partial charge in [-0.1, -0.05) is 29.8 Å². The van der Waals surface area contributed by atoms with Crippen molar-refractivity contribution in [3.63, 3.8) is 0 Å². The minimum Gasteiger partial charge on any atom is -0.323 e. The molecule has 30 heavy (non-hydrogen) atoms. The molecule has 156 valence electrons. The van der Waals surface area contributed by atoms with Crippen LogP contribution in [0.25, 0.3) is 5.69 Å². The molecule has 1 saturated carbocycles. The fraction of sp³-hybridized carbons (Fsp3) is 0.250. The molecule has 0 atom stereocenters. The van der Waals surface area contributed by atoms with E-state index in [0.29, 0.717) is 11.5 Å². The van der Waals surface area contributed by atoms with E-state index in [4.69, 9.17) is 11.6 Å². The lowest BCUT2D eigenvalue weighted by Crippen LogP contribution is -2.29. The van der Waals surface area contributed by atoms with Crippen LogP contribution in [0.15, 0.2) is 53.3 Å². The van der Waals surface area contributed by atoms with Gasteiger partial charge in [-0.05, 0) is 43.2 Å². The van der Waals surface area contributed by atoms with Crippen LogP contribution in [0, 0.1) is 0 Å². The van der Waals surface area contributed by atoms with Crippen LogP contribution in [-0.4, -0.2) is 20.3 Å². The molecule has 1 aromatic heterocycles. The summed E-state index contributed by atoms with van der Waals surface area (Å²) in [7, 11) is 0. The first-order valence-electron chi connectivity index (χ1n) is 9.16. The molecule has 0 unspecified atom stereocenters. The molecular formula is C20H16ClF3N4O2. The zero-order valence-corrected chi connectivity index (χ0v) is 16.2. The van der Waals surface area contributed by atoms with Crippen LogP contribution >= 0.6 is 11.6 Å². The zero-order chi connectivity index (χ0) is 21.5. The van der Waals surface area contributed by atoms with Crippen molar-refractivity contribution in [1.29, 1.82) is 0 Å². The predicted octanol–water partition coefficient (Wildman–Crippen LogP) is 4.22. The summed E-state index contributed by atoms with van der Waals surface area (Å²) < 4.78 is 41.2. The number of hydrogen-bond donors (Lipinski definition) is 1. The van der Waals surface area contributed by atoms with E-state index >= 15 is 0 Å². The summed E-state index contributed by atoms with van der Waals surface area (Å²) in [5.74, 6) is -0.00499. The molecule has 2 aromatic carbocycles. The van der Waals surface area contributed by atoms with Gasteiger partial charge >= 0.3 is 11.9 Å². The molecule has 0 bridgehead atoms. The fourth-order valence-electron chi connectivity index (χ4n) is 3.08. The van der Waals surface area contributed by atoms with Crippen LogP contribution < -0.4 is 11.0 Å². The van der Waals surface area contributed by atoms with Crippen molar-refractivity contribution in [2.24, 2.45) is 0 Å². The Bertz CT molecular complexity index is 1150. The van der Waals surface area contributed by atoms with Gasteiger partial charge in [0.2, 0.25) is 5.91 Å². The van der Waals surface area contributed by atoms with Crippen LogP contribution in [0.3, 0.4) is 0 Å². The summed E-state index contributed by atoms with van der Waals surface area (Å²) in [6.45, 7) is -0.453. The van der Waals surface area contributed by atoms with Crippen LogP contribution in [0.1, 0.15) is 30.1 Å². The number of para-hydroxylation sites is 1. The van der Waals surface area contributed by atoms with Crippen molar-refractivity contribution in [2.75, 3.05) is 5.32 Å². The molecular weight excluding hydrogens is 421 g/mol. The van der Waals surface area contributed by atoms with Crippen molar-refractivity contribution in [1.82, 2.24) is 14.3 Å². The molecule has 6 nitrogen and oxygen atoms in total. The molecule has 1 amide bonds. The molecule has 0 aliphatic heterocycles. The van der Waals surface area contributed by atoms with Crippen molar-refractivity contribution < 1.29 is 18.0 Å². The quantitative estimate of drug-likeness (QED) is 0.651. The number of nitrogens with one attached hydrogen (secondary N) is 1. The Balaban J connectivity index is 1.60. The third kappa shape index (κ3) is 4.11. The minimum absolute atomic E-state index is 0.0443. The van der Waals surface area contributed by atoms with E-state index in [1.54, 1.807) is 24.3 Å². The van der Waals surface area contributed by atoms with E-state index in [1.807, 2.05) is 6.07 Å². The van der Waals surface area contributed by atoms with Crippen LogP contribution in [0.5, 0.6) is 0 Å². The Hall–Kier alpha value is -3.07. The average molecular weight is 437 g/mol. The number of benzene rings is 2. The van der Waals surface area contributed by atoms with Crippen LogP contribution in [0.2, 0.25) is 5.02 Å². The van der Waals surface area contributed by atoms with Gasteiger partial charge in [-0.15, -0.1) is 0 Å². The summed E-state index contributed by atoms with van der Waals surface area (Å²) in [5, 5.41) is 6.59. The van der Waals surface area contributed by atoms with E-state index in [9.17, 15) is 22.8 Å². The first kappa shape index (κ1) is 20.2. The summed E-state index contributed by atoms with van der Waals surface area (Å²) in [6.07, 6.45) is -2.78. The molecule has 1 aliphatic rings. The smallest absolute Gasteiger partial charge is 0.323 e. The maximum absolute atomic E-state index is 12.9. The second kappa shape index (κ2) is 7.64. The molecule has 1 aliphatic carbocycles. The number of aromatic nitrogens is 3. The van der Waals surface area contributed by atoms with Gasteiger partial charge in [0, 0.05) is 5.92 Å². The van der Waals surface area contributed by atoms with Crippen molar-refractivity contribution in [3.8, 4) is 5.69 Å². The van der Waals surface area contributed by atoms with Gasteiger partial charge in [-0.2, -0.15) is 18.3 Å². The Kier molecular flexibility index (Phi) is 5.15. The SMILES string of the molecule is O=C(Cn1nc(C2CC2)n(-c2ccccc2)c1=O)Nc1cc(C(F)(F)F)ccc1Cl. The Labute approximate surface area is 173 Å². The number of rotatable bonds is 5. The minimum atomic E-state index is -4.57. The number of halogens is 4. The number of amides is 1. The standard InChI is InChI=1S/C20H16ClF3N4O2/c21-15-9-8-13(20(22,23)24)10-16(15)25-17(29)11-27-19(30)28(14-4-2-1-3-5-14)18(26-27)12-6-7-12/h1-5,8-10,12H,6-7,11H2,(H,25,29). The second-order valence-electron chi connectivity index (χ2n) is 6.98. The van der Waals surface area contributed by atoms with E-state index in [-0.39, 0.29) is 16.6 Å². The van der Waals surface area contributed by atoms with Crippen LogP contribution in [0.4, 0.5) is 18.9 Å². The lowest BCUT2D eigenvalue weighted by atomic mass is 10.2. The number of carbonyl (C=O) groups is 1. The molecule has 0 spiro atoms. The van der Waals surface area contributed by atoms with E-state index in [1.165, 1.54) is 4.57 Å². The molecule has 0 radical (unpaired) electrons. The molecule has 1 heterocycles. The largest absolute Gasteiger partial charge is 0.416 e. The summed E-state index contributed by atoms with van der Waals surface area (Å²) in [4.78, 5) is 25.3. The molecule has 10 heteroatoms. The van der Waals surface area contributed by atoms with E-state index < -0.39 is 29.9 Å². The average Bonchev–Trinajstić information content (AvgIpc) is 3.48. The Morgan fingerprint density at radius 1 is 1.17 bits per heavy atom. The highest BCUT2D eigenvalue weighted by Crippen LogP contribution is 2.39. The van der Waals surface area contributed by atoms with Gasteiger partial charge < -0.3 is 5.32 Å². The fourth-order valence-corrected chi connectivity index (χ4v) is 3.24. The zero-order valence-electron chi connectivity index (χ0n) is 15.5. The van der Waals surface area contributed by atoms with Crippen LogP contribution in [-0.2, 0) is 17.5 Å². The Morgan fingerprint density at radius 3 is 2.50 bits per heavy atom. The highest BCUT2D eigenvalue weighted by molar-refractivity contribution is 6.33. The van der Waals surface area contributed by atoms with Gasteiger partial charge in [0.05, 0.1) is 22.0 Å². The van der Waals surface area contributed by atoms with Crippen molar-refractivity contribution in [2.45, 2.75) is 31.5 Å². The van der Waals surface area contributed by atoms with E-state index in [0.717, 1.165) is 35.7 Å². The summed E-state index contributed by atoms with van der Waals surface area (Å²) in [6, 6.07) is 11.6. The molecule has 1 fully saturated rings. The maximum atomic E-state index is 12.9. The highest BCUT2D eigenvalue weighted by atomic mass is 35.5. The lowest BCUT2D eigenvalue weighted by molar-refractivity contribution is -0.137. The predicted molar refractivity (Wildman–Crippen MR) is 105 cm³/mol. The van der Waals surface area contributed by atoms with Gasteiger partial charge in [-0.3, -0.25) is 4.79 Å². The van der Waals surface area contributed by atoms with Gasteiger partial charge in [0.1, 0.15) is 12.4 Å². The number of hydrogen-bond acceptors (Lipinski definition) is 3. The summed E-state index contributed by atoms with van der Waals surface area (Å²) in [5.41, 5.74) is -0.983. The number of anilines is 1. The lowest BCUT2D eigenvalue weighted by Gasteiger charge is -2.11. The first-order chi connectivity index (χ1) is 14.2. The monoisotopic (exact) mass is 436 g/mol. The molecule has 3 aromatic rings. The molecule has 1 N–H and O–H groups in total. The first-order valence-corrected chi connectivity index (χ1v) is 9.53. The number of carbonyl (C=O) groups excluding carboxylic acids is 1. The third-order valence-corrected chi connectivity index (χ3v) is 5.01. The maximum Gasteiger partial charge on any atom is 0.416 e. The van der Waals surface area contributed by atoms with Crippen molar-refractivity contribution in [3.05, 3.63) is 75.4 Å². The molecule has 0 saturated heterocycles. The Morgan fingerprint density at radius 2 is 1.87 bits per heavy atom. The summed E-state index contributed by atoms with van der Waals surface area (Å²) >= 11 is 5.91. The van der Waals surface area contributed by atoms with Crippen molar-refractivity contribution >= 4 is 23.2 Å². The third-order valence-electron chi connectivity index (χ3n) is 4.68. The second-order valence-corrected chi connectivity index (χ2v) is 7.39. The number of nitrogens with zero attached hydrogens (tertiary/aromatic N) is 3. The van der Waals surface area contributed by atoms with E-state index in [2.05, 4.69) is 10.4 Å². The highest BCUT2D eigenvalue weighted by Gasteiger charge is 2.32. The molecule has 4 rings (SSSR count).